The summed E-state index contributed by atoms with van der Waals surface area (Å²) >= 11 is 0. The number of amides is 1. The van der Waals surface area contributed by atoms with E-state index in [0.29, 0.717) is 6.54 Å². The number of aromatic nitrogens is 4. The Morgan fingerprint density at radius 1 is 1.22 bits per heavy atom. The Kier molecular flexibility index (Phi) is 3.48. The number of nitrogens with one attached hydrogen (secondary N) is 2. The van der Waals surface area contributed by atoms with Crippen molar-refractivity contribution < 1.29 is 4.79 Å². The molecule has 120 valence electrons. The Morgan fingerprint density at radius 2 is 2.13 bits per heavy atom. The minimum Gasteiger partial charge on any atom is -0.345 e. The number of carbonyl (C=O) groups excluding carboxylic acids is 1. The van der Waals surface area contributed by atoms with Crippen molar-refractivity contribution in [1.29, 1.82) is 0 Å². The average molecular weight is 313 g/mol. The van der Waals surface area contributed by atoms with Crippen LogP contribution in [-0.2, 0) is 32.4 Å². The van der Waals surface area contributed by atoms with E-state index in [2.05, 4.69) is 25.1 Å². The molecular formula is C16H19N5O2. The molecule has 1 aliphatic heterocycles. The number of rotatable bonds is 3. The lowest BCUT2D eigenvalue weighted by Crippen LogP contribution is -2.31. The number of aryl methyl sites for hydroxylation is 3. The highest BCUT2D eigenvalue weighted by atomic mass is 16.2. The zero-order valence-corrected chi connectivity index (χ0v) is 12.9. The first-order chi connectivity index (χ1) is 11.2. The fraction of sp³-hybridized carbons (Fsp3) is 0.500. The van der Waals surface area contributed by atoms with Crippen LogP contribution in [0.1, 0.15) is 52.5 Å². The fourth-order valence-electron chi connectivity index (χ4n) is 3.44. The second kappa shape index (κ2) is 5.64. The molecule has 2 aliphatic rings. The van der Waals surface area contributed by atoms with E-state index in [1.807, 2.05) is 0 Å². The molecule has 0 saturated carbocycles. The number of H-pyrrole nitrogens is 1. The third-order valence-corrected chi connectivity index (χ3v) is 4.68. The van der Waals surface area contributed by atoms with Crippen LogP contribution in [0.4, 0.5) is 0 Å². The molecule has 0 unspecified atom stereocenters. The van der Waals surface area contributed by atoms with Gasteiger partial charge in [-0.2, -0.15) is 0 Å². The Hall–Kier alpha value is -2.44. The Bertz CT molecular complexity index is 820. The molecule has 1 aliphatic carbocycles. The van der Waals surface area contributed by atoms with E-state index < -0.39 is 0 Å². The smallest absolute Gasteiger partial charge is 0.261 e. The molecule has 7 heteroatoms. The number of carbonyl (C=O) groups is 1. The fourth-order valence-corrected chi connectivity index (χ4v) is 3.44. The molecule has 0 saturated heterocycles. The van der Waals surface area contributed by atoms with Crippen LogP contribution < -0.4 is 10.9 Å². The van der Waals surface area contributed by atoms with Gasteiger partial charge in [-0.25, -0.2) is 0 Å². The van der Waals surface area contributed by atoms with Gasteiger partial charge < -0.3 is 14.9 Å². The van der Waals surface area contributed by atoms with Gasteiger partial charge >= 0.3 is 0 Å². The topological polar surface area (TPSA) is 92.7 Å². The van der Waals surface area contributed by atoms with Crippen molar-refractivity contribution in [3.8, 4) is 0 Å². The van der Waals surface area contributed by atoms with Crippen LogP contribution in [0.25, 0.3) is 0 Å². The summed E-state index contributed by atoms with van der Waals surface area (Å²) in [6.45, 7) is 1.19. The van der Waals surface area contributed by atoms with Crippen molar-refractivity contribution in [2.75, 3.05) is 0 Å². The van der Waals surface area contributed by atoms with E-state index in [1.165, 1.54) is 0 Å². The summed E-state index contributed by atoms with van der Waals surface area (Å²) in [7, 11) is 0. The lowest BCUT2D eigenvalue weighted by atomic mass is 10.1. The van der Waals surface area contributed by atoms with Crippen LogP contribution in [0.3, 0.4) is 0 Å². The van der Waals surface area contributed by atoms with Gasteiger partial charge in [0.1, 0.15) is 11.4 Å². The number of hydrogen-bond acceptors (Lipinski definition) is 4. The molecule has 1 amide bonds. The zero-order chi connectivity index (χ0) is 15.8. The molecule has 0 aromatic carbocycles. The Labute approximate surface area is 133 Å². The van der Waals surface area contributed by atoms with Crippen molar-refractivity contribution in [3.05, 3.63) is 44.9 Å². The molecule has 0 atom stereocenters. The summed E-state index contributed by atoms with van der Waals surface area (Å²) in [6.07, 6.45) is 6.02. The van der Waals surface area contributed by atoms with E-state index in [9.17, 15) is 9.59 Å². The van der Waals surface area contributed by atoms with E-state index >= 15 is 0 Å². The molecule has 0 bridgehead atoms. The Balaban J connectivity index is 1.51. The van der Waals surface area contributed by atoms with Gasteiger partial charge in [0.05, 0.1) is 6.54 Å². The van der Waals surface area contributed by atoms with Crippen LogP contribution in [0.2, 0.25) is 0 Å². The zero-order valence-electron chi connectivity index (χ0n) is 12.9. The van der Waals surface area contributed by atoms with Gasteiger partial charge in [0.15, 0.2) is 5.82 Å². The van der Waals surface area contributed by atoms with E-state index in [1.54, 1.807) is 6.07 Å². The second-order valence-corrected chi connectivity index (χ2v) is 6.19. The van der Waals surface area contributed by atoms with Gasteiger partial charge in [-0.15, -0.1) is 10.2 Å². The number of hydrogen-bond donors (Lipinski definition) is 2. The number of fused-ring (bicyclic) bond motifs is 2. The number of pyridine rings is 1. The maximum atomic E-state index is 12.3. The third-order valence-electron chi connectivity index (χ3n) is 4.68. The summed E-state index contributed by atoms with van der Waals surface area (Å²) in [4.78, 5) is 27.2. The SMILES string of the molecule is O=C(NCc1nnc2n1CCCC2)c1cc2c([nH]c1=O)CCC2. The van der Waals surface area contributed by atoms with Crippen LogP contribution in [0, 0.1) is 0 Å². The summed E-state index contributed by atoms with van der Waals surface area (Å²) in [5.74, 6) is 1.38. The molecule has 3 heterocycles. The molecule has 23 heavy (non-hydrogen) atoms. The number of nitrogens with zero attached hydrogens (tertiary/aromatic N) is 3. The highest BCUT2D eigenvalue weighted by molar-refractivity contribution is 5.94. The second-order valence-electron chi connectivity index (χ2n) is 6.19. The minimum absolute atomic E-state index is 0.184. The third kappa shape index (κ3) is 2.56. The van der Waals surface area contributed by atoms with Crippen molar-refractivity contribution in [2.24, 2.45) is 0 Å². The van der Waals surface area contributed by atoms with Gasteiger partial charge in [-0.1, -0.05) is 0 Å². The largest absolute Gasteiger partial charge is 0.345 e. The maximum Gasteiger partial charge on any atom is 0.261 e. The van der Waals surface area contributed by atoms with Gasteiger partial charge in [-0.05, 0) is 43.7 Å². The summed E-state index contributed by atoms with van der Waals surface area (Å²) in [5.41, 5.74) is 1.92. The van der Waals surface area contributed by atoms with E-state index in [4.69, 9.17) is 0 Å². The quantitative estimate of drug-likeness (QED) is 0.873. The lowest BCUT2D eigenvalue weighted by molar-refractivity contribution is 0.0947. The molecule has 0 spiro atoms. The van der Waals surface area contributed by atoms with Crippen LogP contribution in [0.15, 0.2) is 10.9 Å². The normalized spacial score (nSPS) is 16.0. The lowest BCUT2D eigenvalue weighted by Gasteiger charge is -2.14. The van der Waals surface area contributed by atoms with Crippen molar-refractivity contribution in [1.82, 2.24) is 25.1 Å². The van der Waals surface area contributed by atoms with Crippen molar-refractivity contribution in [2.45, 2.75) is 51.6 Å². The average Bonchev–Trinajstić information content (AvgIpc) is 3.18. The maximum absolute atomic E-state index is 12.3. The van der Waals surface area contributed by atoms with Gasteiger partial charge in [0.25, 0.3) is 11.5 Å². The van der Waals surface area contributed by atoms with E-state index in [-0.39, 0.29) is 17.0 Å². The van der Waals surface area contributed by atoms with Crippen LogP contribution >= 0.6 is 0 Å². The molecule has 7 nitrogen and oxygen atoms in total. The molecule has 2 N–H and O–H groups in total. The number of aromatic amines is 1. The molecular weight excluding hydrogens is 294 g/mol. The summed E-state index contributed by atoms with van der Waals surface area (Å²) in [5, 5.41) is 11.1. The Morgan fingerprint density at radius 3 is 3.04 bits per heavy atom. The summed E-state index contributed by atoms with van der Waals surface area (Å²) in [6, 6.07) is 1.73. The standard InChI is InChI=1S/C16H19N5O2/c22-15(11-8-10-4-3-5-12(10)18-16(11)23)17-9-14-20-19-13-6-1-2-7-21(13)14/h8H,1-7,9H2,(H,17,22)(H,18,23). The minimum atomic E-state index is -0.353. The first-order valence-corrected chi connectivity index (χ1v) is 8.16. The van der Waals surface area contributed by atoms with Crippen molar-refractivity contribution in [3.63, 3.8) is 0 Å². The predicted octanol–water partition coefficient (Wildman–Crippen LogP) is 0.721. The van der Waals surface area contributed by atoms with Crippen molar-refractivity contribution >= 4 is 5.91 Å². The first-order valence-electron chi connectivity index (χ1n) is 8.16. The molecule has 0 radical (unpaired) electrons. The molecule has 2 aromatic heterocycles. The first kappa shape index (κ1) is 14.2. The predicted molar refractivity (Wildman–Crippen MR) is 83.2 cm³/mol. The van der Waals surface area contributed by atoms with Gasteiger partial charge in [0.2, 0.25) is 0 Å². The highest BCUT2D eigenvalue weighted by Gasteiger charge is 2.20. The highest BCUT2D eigenvalue weighted by Crippen LogP contribution is 2.19. The van der Waals surface area contributed by atoms with Crippen LogP contribution in [0.5, 0.6) is 0 Å². The van der Waals surface area contributed by atoms with Crippen LogP contribution in [-0.4, -0.2) is 25.7 Å². The monoisotopic (exact) mass is 313 g/mol. The van der Waals surface area contributed by atoms with E-state index in [0.717, 1.165) is 68.0 Å². The molecule has 0 fully saturated rings. The van der Waals surface area contributed by atoms with Gasteiger partial charge in [0, 0.05) is 18.7 Å². The summed E-state index contributed by atoms with van der Waals surface area (Å²) < 4.78 is 2.07. The molecule has 2 aromatic rings. The molecule has 4 rings (SSSR count). The van der Waals surface area contributed by atoms with Gasteiger partial charge in [-0.3, -0.25) is 9.59 Å².